The Morgan fingerprint density at radius 2 is 2.14 bits per heavy atom. The molecule has 3 rings (SSSR count). The van der Waals surface area contributed by atoms with Crippen LogP contribution in [0.25, 0.3) is 11.1 Å². The molecule has 0 aliphatic carbocycles. The molecule has 1 heterocycles. The molecule has 0 bridgehead atoms. The van der Waals surface area contributed by atoms with E-state index in [1.54, 1.807) is 25.2 Å². The van der Waals surface area contributed by atoms with Gasteiger partial charge in [0, 0.05) is 0 Å². The van der Waals surface area contributed by atoms with Gasteiger partial charge in [-0.3, -0.25) is 4.98 Å². The Kier molecular flexibility index (Phi) is 3.65. The van der Waals surface area contributed by atoms with Crippen molar-refractivity contribution in [2.24, 2.45) is 0 Å². The maximum atomic E-state index is 13.7. The van der Waals surface area contributed by atoms with Gasteiger partial charge in [0.15, 0.2) is 5.58 Å². The molecular weight excluding hydrogens is 339 g/mol. The molecule has 6 heteroatoms. The normalized spacial score (nSPS) is 12.7. The number of rotatable bonds is 3. The lowest BCUT2D eigenvalue weighted by molar-refractivity contribution is 0.554. The van der Waals surface area contributed by atoms with Crippen LogP contribution in [-0.4, -0.2) is 12.0 Å². The highest BCUT2D eigenvalue weighted by Crippen LogP contribution is 2.31. The van der Waals surface area contributed by atoms with Crippen molar-refractivity contribution in [2.45, 2.75) is 6.04 Å². The van der Waals surface area contributed by atoms with Crippen molar-refractivity contribution in [3.05, 3.63) is 68.4 Å². The SMILES string of the molecule is CNC(c1ccc2[nH]c(=O)oc2c1)c1cccc(F)c1Br. The van der Waals surface area contributed by atoms with E-state index in [0.717, 1.165) is 11.1 Å². The van der Waals surface area contributed by atoms with Gasteiger partial charge in [0.2, 0.25) is 0 Å². The van der Waals surface area contributed by atoms with Crippen LogP contribution in [0.2, 0.25) is 0 Å². The van der Waals surface area contributed by atoms with Crippen LogP contribution in [0.15, 0.2) is 50.1 Å². The summed E-state index contributed by atoms with van der Waals surface area (Å²) < 4.78 is 19.2. The van der Waals surface area contributed by atoms with E-state index in [2.05, 4.69) is 26.2 Å². The van der Waals surface area contributed by atoms with Crippen LogP contribution in [0, 0.1) is 5.82 Å². The Hall–Kier alpha value is -1.92. The number of nitrogens with one attached hydrogen (secondary N) is 2. The van der Waals surface area contributed by atoms with E-state index < -0.39 is 5.76 Å². The Morgan fingerprint density at radius 1 is 1.33 bits per heavy atom. The Morgan fingerprint density at radius 3 is 2.90 bits per heavy atom. The topological polar surface area (TPSA) is 58.0 Å². The average Bonchev–Trinajstić information content (AvgIpc) is 2.83. The summed E-state index contributed by atoms with van der Waals surface area (Å²) in [4.78, 5) is 13.8. The minimum absolute atomic E-state index is 0.223. The van der Waals surface area contributed by atoms with Crippen molar-refractivity contribution < 1.29 is 8.81 Å². The summed E-state index contributed by atoms with van der Waals surface area (Å²) in [5.74, 6) is -0.808. The molecule has 1 unspecified atom stereocenters. The summed E-state index contributed by atoms with van der Waals surface area (Å²) in [5, 5.41) is 3.15. The van der Waals surface area contributed by atoms with Crippen LogP contribution >= 0.6 is 15.9 Å². The molecule has 0 saturated heterocycles. The second kappa shape index (κ2) is 5.46. The van der Waals surface area contributed by atoms with Gasteiger partial charge in [-0.25, -0.2) is 9.18 Å². The fourth-order valence-electron chi connectivity index (χ4n) is 2.39. The predicted molar refractivity (Wildman–Crippen MR) is 81.8 cm³/mol. The first-order valence-electron chi connectivity index (χ1n) is 6.34. The summed E-state index contributed by atoms with van der Waals surface area (Å²) in [6.07, 6.45) is 0. The highest BCUT2D eigenvalue weighted by molar-refractivity contribution is 9.10. The molecular formula is C15H12BrFN2O2. The van der Waals surface area contributed by atoms with E-state index >= 15 is 0 Å². The van der Waals surface area contributed by atoms with Crippen molar-refractivity contribution in [1.29, 1.82) is 0 Å². The van der Waals surface area contributed by atoms with Crippen molar-refractivity contribution in [3.8, 4) is 0 Å². The number of oxazole rings is 1. The number of aromatic nitrogens is 1. The van der Waals surface area contributed by atoms with Gasteiger partial charge in [-0.15, -0.1) is 0 Å². The summed E-state index contributed by atoms with van der Waals surface area (Å²) >= 11 is 3.28. The molecule has 2 N–H and O–H groups in total. The first-order chi connectivity index (χ1) is 10.1. The lowest BCUT2D eigenvalue weighted by Crippen LogP contribution is -2.18. The smallest absolute Gasteiger partial charge is 0.408 e. The van der Waals surface area contributed by atoms with E-state index in [1.165, 1.54) is 6.07 Å². The number of halogens is 2. The minimum atomic E-state index is -0.491. The number of fused-ring (bicyclic) bond motifs is 1. The quantitative estimate of drug-likeness (QED) is 0.761. The molecule has 2 aromatic carbocycles. The number of hydrogen-bond acceptors (Lipinski definition) is 3. The molecule has 4 nitrogen and oxygen atoms in total. The van der Waals surface area contributed by atoms with Gasteiger partial charge in [-0.2, -0.15) is 0 Å². The Bertz CT molecular complexity index is 856. The molecule has 21 heavy (non-hydrogen) atoms. The highest BCUT2D eigenvalue weighted by atomic mass is 79.9. The van der Waals surface area contributed by atoms with Gasteiger partial charge in [0.05, 0.1) is 16.0 Å². The maximum Gasteiger partial charge on any atom is 0.417 e. The second-order valence-corrected chi connectivity index (χ2v) is 5.43. The molecule has 0 radical (unpaired) electrons. The van der Waals surface area contributed by atoms with E-state index in [4.69, 9.17) is 4.42 Å². The Balaban J connectivity index is 2.13. The average molecular weight is 351 g/mol. The monoisotopic (exact) mass is 350 g/mol. The second-order valence-electron chi connectivity index (χ2n) is 4.63. The van der Waals surface area contributed by atoms with Crippen LogP contribution in [0.4, 0.5) is 4.39 Å². The summed E-state index contributed by atoms with van der Waals surface area (Å²) in [6, 6.07) is 10.1. The molecule has 0 saturated carbocycles. The number of benzene rings is 2. The largest absolute Gasteiger partial charge is 0.417 e. The molecule has 1 atom stereocenters. The van der Waals surface area contributed by atoms with E-state index in [1.807, 2.05) is 12.1 Å². The van der Waals surface area contributed by atoms with Gasteiger partial charge >= 0.3 is 5.76 Å². The van der Waals surface area contributed by atoms with Gasteiger partial charge < -0.3 is 9.73 Å². The highest BCUT2D eigenvalue weighted by Gasteiger charge is 2.18. The van der Waals surface area contributed by atoms with Gasteiger partial charge in [-0.05, 0) is 52.3 Å². The molecule has 3 aromatic rings. The van der Waals surface area contributed by atoms with Crippen molar-refractivity contribution in [2.75, 3.05) is 7.05 Å². The van der Waals surface area contributed by atoms with E-state index in [0.29, 0.717) is 15.6 Å². The van der Waals surface area contributed by atoms with E-state index in [-0.39, 0.29) is 11.9 Å². The molecule has 0 aliphatic heterocycles. The number of H-pyrrole nitrogens is 1. The third kappa shape index (κ3) is 2.52. The summed E-state index contributed by atoms with van der Waals surface area (Å²) in [5.41, 5.74) is 2.76. The van der Waals surface area contributed by atoms with Gasteiger partial charge in [0.25, 0.3) is 0 Å². The molecule has 0 amide bonds. The molecule has 0 spiro atoms. The summed E-state index contributed by atoms with van der Waals surface area (Å²) in [7, 11) is 1.79. The van der Waals surface area contributed by atoms with Gasteiger partial charge in [-0.1, -0.05) is 18.2 Å². The molecule has 108 valence electrons. The minimum Gasteiger partial charge on any atom is -0.408 e. The van der Waals surface area contributed by atoms with Crippen LogP contribution < -0.4 is 11.1 Å². The van der Waals surface area contributed by atoms with Crippen molar-refractivity contribution in [3.63, 3.8) is 0 Å². The predicted octanol–water partition coefficient (Wildman–Crippen LogP) is 3.33. The number of aromatic amines is 1. The van der Waals surface area contributed by atoms with Crippen LogP contribution in [0.3, 0.4) is 0 Å². The molecule has 0 aliphatic rings. The van der Waals surface area contributed by atoms with Gasteiger partial charge in [0.1, 0.15) is 5.82 Å². The summed E-state index contributed by atoms with van der Waals surface area (Å²) in [6.45, 7) is 0. The van der Waals surface area contributed by atoms with Crippen LogP contribution in [0.1, 0.15) is 17.2 Å². The zero-order chi connectivity index (χ0) is 15.0. The standard InChI is InChI=1S/C15H12BrFN2O2/c1-18-14(9-3-2-4-10(17)13(9)16)8-5-6-11-12(7-8)21-15(20)19-11/h2-7,14,18H,1H3,(H,19,20). The third-order valence-electron chi connectivity index (χ3n) is 3.36. The van der Waals surface area contributed by atoms with Crippen molar-refractivity contribution >= 4 is 27.0 Å². The van der Waals surface area contributed by atoms with Crippen molar-refractivity contribution in [1.82, 2.24) is 10.3 Å². The molecule has 1 aromatic heterocycles. The third-order valence-corrected chi connectivity index (χ3v) is 4.20. The van der Waals surface area contributed by atoms with Crippen LogP contribution in [0.5, 0.6) is 0 Å². The molecule has 0 fully saturated rings. The fraction of sp³-hybridized carbons (Fsp3) is 0.133. The zero-order valence-corrected chi connectivity index (χ0v) is 12.7. The first-order valence-corrected chi connectivity index (χ1v) is 7.13. The first kappa shape index (κ1) is 14.0. The lowest BCUT2D eigenvalue weighted by atomic mass is 9.98. The fourth-order valence-corrected chi connectivity index (χ4v) is 2.88. The van der Waals surface area contributed by atoms with Crippen LogP contribution in [-0.2, 0) is 0 Å². The Labute approximate surface area is 128 Å². The zero-order valence-electron chi connectivity index (χ0n) is 11.1. The lowest BCUT2D eigenvalue weighted by Gasteiger charge is -2.18. The van der Waals surface area contributed by atoms with E-state index in [9.17, 15) is 9.18 Å². The number of hydrogen-bond donors (Lipinski definition) is 2. The maximum absolute atomic E-state index is 13.7.